The van der Waals surface area contributed by atoms with Gasteiger partial charge in [0.2, 0.25) is 5.91 Å². The van der Waals surface area contributed by atoms with Crippen molar-refractivity contribution >= 4 is 5.91 Å². The number of carbonyl (C=O) groups excluding carboxylic acids is 1. The fraction of sp³-hybridized carbons (Fsp3) is 0.818. The minimum atomic E-state index is 0.00125. The van der Waals surface area contributed by atoms with Gasteiger partial charge in [0.05, 0.1) is 12.5 Å². The molecule has 3 N–H and O–H groups in total. The Morgan fingerprint density at radius 1 is 1.53 bits per heavy atom. The van der Waals surface area contributed by atoms with Crippen LogP contribution in [-0.4, -0.2) is 19.0 Å². The molecule has 0 fully saturated rings. The van der Waals surface area contributed by atoms with Crippen LogP contribution < -0.4 is 11.1 Å². The van der Waals surface area contributed by atoms with Crippen molar-refractivity contribution in [2.75, 3.05) is 13.1 Å². The Morgan fingerprint density at radius 2 is 2.20 bits per heavy atom. The van der Waals surface area contributed by atoms with E-state index in [1.165, 1.54) is 0 Å². The normalized spacial score (nSPS) is 12.2. The molecule has 0 aromatic heterocycles. The Hall–Kier alpha value is -1.08. The van der Waals surface area contributed by atoms with Crippen LogP contribution in [-0.2, 0) is 4.79 Å². The summed E-state index contributed by atoms with van der Waals surface area (Å²) >= 11 is 0. The molecule has 0 heterocycles. The van der Waals surface area contributed by atoms with Gasteiger partial charge in [0.25, 0.3) is 0 Å². The summed E-state index contributed by atoms with van der Waals surface area (Å²) in [6.45, 7) is 5.23. The van der Waals surface area contributed by atoms with Crippen LogP contribution in [0.25, 0.3) is 0 Å². The van der Waals surface area contributed by atoms with Gasteiger partial charge in [-0.1, -0.05) is 13.8 Å². The molecule has 0 aromatic rings. The molecule has 1 atom stereocenters. The van der Waals surface area contributed by atoms with Gasteiger partial charge in [0, 0.05) is 13.0 Å². The first-order valence-corrected chi connectivity index (χ1v) is 5.43. The smallest absolute Gasteiger partial charge is 0.220 e. The second-order valence-corrected chi connectivity index (χ2v) is 4.19. The minimum Gasteiger partial charge on any atom is -0.355 e. The monoisotopic (exact) mass is 211 g/mol. The van der Waals surface area contributed by atoms with Crippen LogP contribution in [0, 0.1) is 23.2 Å². The molecule has 0 aromatic carbocycles. The predicted molar refractivity (Wildman–Crippen MR) is 59.9 cm³/mol. The second-order valence-electron chi connectivity index (χ2n) is 4.19. The maximum atomic E-state index is 11.4. The van der Waals surface area contributed by atoms with Crippen molar-refractivity contribution < 1.29 is 4.79 Å². The Bertz CT molecular complexity index is 220. The van der Waals surface area contributed by atoms with Gasteiger partial charge in [0.1, 0.15) is 0 Å². The number of carbonyl (C=O) groups is 1. The number of rotatable bonds is 7. The van der Waals surface area contributed by atoms with Crippen molar-refractivity contribution in [2.45, 2.75) is 33.1 Å². The fourth-order valence-electron chi connectivity index (χ4n) is 1.52. The van der Waals surface area contributed by atoms with E-state index in [4.69, 9.17) is 11.0 Å². The molecule has 0 unspecified atom stereocenters. The lowest BCUT2D eigenvalue weighted by atomic mass is 9.94. The zero-order valence-corrected chi connectivity index (χ0v) is 9.62. The highest BCUT2D eigenvalue weighted by Crippen LogP contribution is 2.13. The van der Waals surface area contributed by atoms with Gasteiger partial charge in [-0.05, 0) is 24.8 Å². The number of nitrogens with one attached hydrogen (secondary N) is 1. The molecule has 0 saturated carbocycles. The van der Waals surface area contributed by atoms with E-state index in [1.54, 1.807) is 0 Å². The van der Waals surface area contributed by atoms with Crippen LogP contribution in [0.4, 0.5) is 0 Å². The molecular weight excluding hydrogens is 190 g/mol. The van der Waals surface area contributed by atoms with Gasteiger partial charge < -0.3 is 11.1 Å². The molecule has 0 radical (unpaired) electrons. The zero-order chi connectivity index (χ0) is 11.7. The number of amides is 1. The lowest BCUT2D eigenvalue weighted by Crippen LogP contribution is -2.29. The predicted octanol–water partition coefficient (Wildman–Crippen LogP) is 1.03. The standard InChI is InChI=1S/C11H21N3O/c1-9(2)6-10(8-13)7-11(15)14-5-3-4-12/h9-10H,3,5-8,13H2,1-2H3,(H,14,15)/t10-/m0/s1. The quantitative estimate of drug-likeness (QED) is 0.617. The van der Waals surface area contributed by atoms with Gasteiger partial charge in [-0.25, -0.2) is 0 Å². The largest absolute Gasteiger partial charge is 0.355 e. The number of hydrogen-bond acceptors (Lipinski definition) is 3. The summed E-state index contributed by atoms with van der Waals surface area (Å²) in [6, 6.07) is 1.98. The summed E-state index contributed by atoms with van der Waals surface area (Å²) in [4.78, 5) is 11.4. The van der Waals surface area contributed by atoms with Crippen molar-refractivity contribution in [3.63, 3.8) is 0 Å². The van der Waals surface area contributed by atoms with E-state index in [2.05, 4.69) is 19.2 Å². The van der Waals surface area contributed by atoms with Gasteiger partial charge >= 0.3 is 0 Å². The molecule has 4 nitrogen and oxygen atoms in total. The van der Waals surface area contributed by atoms with E-state index in [0.717, 1.165) is 6.42 Å². The van der Waals surface area contributed by atoms with E-state index < -0.39 is 0 Å². The maximum Gasteiger partial charge on any atom is 0.220 e. The molecule has 1 amide bonds. The van der Waals surface area contributed by atoms with E-state index >= 15 is 0 Å². The summed E-state index contributed by atoms with van der Waals surface area (Å²) in [7, 11) is 0. The molecule has 0 rings (SSSR count). The first kappa shape index (κ1) is 13.9. The number of hydrogen-bond donors (Lipinski definition) is 2. The zero-order valence-electron chi connectivity index (χ0n) is 9.62. The molecule has 0 aliphatic heterocycles. The molecule has 4 heteroatoms. The third kappa shape index (κ3) is 7.95. The Labute approximate surface area is 91.8 Å². The molecule has 15 heavy (non-hydrogen) atoms. The van der Waals surface area contributed by atoms with Crippen LogP contribution in [0.1, 0.15) is 33.1 Å². The topological polar surface area (TPSA) is 78.9 Å². The highest BCUT2D eigenvalue weighted by Gasteiger charge is 2.13. The van der Waals surface area contributed by atoms with Crippen molar-refractivity contribution in [3.8, 4) is 6.07 Å². The number of nitriles is 1. The Balaban J connectivity index is 3.76. The Kier molecular flexibility index (Phi) is 7.65. The minimum absolute atomic E-state index is 0.00125. The average molecular weight is 211 g/mol. The molecule has 0 aliphatic rings. The number of nitrogens with zero attached hydrogens (tertiary/aromatic N) is 1. The number of nitrogens with two attached hydrogens (primary N) is 1. The van der Waals surface area contributed by atoms with Gasteiger partial charge in [-0.2, -0.15) is 5.26 Å². The van der Waals surface area contributed by atoms with Gasteiger partial charge in [-0.3, -0.25) is 4.79 Å². The fourth-order valence-corrected chi connectivity index (χ4v) is 1.52. The van der Waals surface area contributed by atoms with Crippen molar-refractivity contribution in [3.05, 3.63) is 0 Å². The maximum absolute atomic E-state index is 11.4. The van der Waals surface area contributed by atoms with Crippen LogP contribution >= 0.6 is 0 Å². The van der Waals surface area contributed by atoms with Crippen molar-refractivity contribution in [2.24, 2.45) is 17.6 Å². The summed E-state index contributed by atoms with van der Waals surface area (Å²) in [5.74, 6) is 0.818. The van der Waals surface area contributed by atoms with Crippen LogP contribution in [0.5, 0.6) is 0 Å². The summed E-state index contributed by atoms with van der Waals surface area (Å²) < 4.78 is 0. The second kappa shape index (κ2) is 8.25. The van der Waals surface area contributed by atoms with E-state index in [-0.39, 0.29) is 11.8 Å². The van der Waals surface area contributed by atoms with Crippen molar-refractivity contribution in [1.82, 2.24) is 5.32 Å². The summed E-state index contributed by atoms with van der Waals surface area (Å²) in [5.41, 5.74) is 5.59. The SMILES string of the molecule is CC(C)C[C@H](CN)CC(=O)NCCC#N. The third-order valence-corrected chi connectivity index (χ3v) is 2.17. The van der Waals surface area contributed by atoms with E-state index in [9.17, 15) is 4.79 Å². The first-order chi connectivity index (χ1) is 7.10. The van der Waals surface area contributed by atoms with Crippen molar-refractivity contribution in [1.29, 1.82) is 5.26 Å². The van der Waals surface area contributed by atoms with Crippen LogP contribution in [0.15, 0.2) is 0 Å². The summed E-state index contributed by atoms with van der Waals surface area (Å²) in [5, 5.41) is 11.0. The van der Waals surface area contributed by atoms with E-state index in [1.807, 2.05) is 6.07 Å². The highest BCUT2D eigenvalue weighted by atomic mass is 16.1. The average Bonchev–Trinajstić information content (AvgIpc) is 2.16. The van der Waals surface area contributed by atoms with E-state index in [0.29, 0.717) is 31.8 Å². The lowest BCUT2D eigenvalue weighted by Gasteiger charge is -2.16. The summed E-state index contributed by atoms with van der Waals surface area (Å²) in [6.07, 6.45) is 1.81. The highest BCUT2D eigenvalue weighted by molar-refractivity contribution is 5.76. The molecule has 86 valence electrons. The molecule has 0 spiro atoms. The van der Waals surface area contributed by atoms with Crippen LogP contribution in [0.3, 0.4) is 0 Å². The first-order valence-electron chi connectivity index (χ1n) is 5.43. The third-order valence-electron chi connectivity index (χ3n) is 2.17. The molecular formula is C11H21N3O. The molecule has 0 bridgehead atoms. The Morgan fingerprint density at radius 3 is 2.67 bits per heavy atom. The van der Waals surface area contributed by atoms with Gasteiger partial charge in [-0.15, -0.1) is 0 Å². The van der Waals surface area contributed by atoms with Gasteiger partial charge in [0.15, 0.2) is 0 Å². The van der Waals surface area contributed by atoms with Crippen LogP contribution in [0.2, 0.25) is 0 Å². The molecule has 0 aliphatic carbocycles. The molecule has 0 saturated heterocycles. The lowest BCUT2D eigenvalue weighted by molar-refractivity contribution is -0.122.